The number of nitrogens with zero attached hydrogens (tertiary/aromatic N) is 4. The van der Waals surface area contributed by atoms with Crippen LogP contribution in [0.3, 0.4) is 0 Å². The van der Waals surface area contributed by atoms with Crippen LogP contribution in [0.2, 0.25) is 0 Å². The molecule has 2 N–H and O–H groups in total. The van der Waals surface area contributed by atoms with Crippen molar-refractivity contribution in [2.75, 3.05) is 37.4 Å². The Balaban J connectivity index is 1.66. The van der Waals surface area contributed by atoms with Crippen LogP contribution in [0.1, 0.15) is 18.1 Å². The van der Waals surface area contributed by atoms with Gasteiger partial charge >= 0.3 is 0 Å². The molecule has 9 heteroatoms. The summed E-state index contributed by atoms with van der Waals surface area (Å²) in [4.78, 5) is 21.0. The van der Waals surface area contributed by atoms with Crippen LogP contribution in [0.4, 0.5) is 5.69 Å². The fourth-order valence-corrected chi connectivity index (χ4v) is 4.80. The molecule has 1 fully saturated rings. The van der Waals surface area contributed by atoms with Gasteiger partial charge in [0, 0.05) is 42.1 Å². The molecule has 0 bridgehead atoms. The van der Waals surface area contributed by atoms with E-state index in [0.717, 1.165) is 53.4 Å². The highest BCUT2D eigenvalue weighted by molar-refractivity contribution is 9.10. The van der Waals surface area contributed by atoms with Gasteiger partial charge in [0.25, 0.3) is 5.56 Å². The summed E-state index contributed by atoms with van der Waals surface area (Å²) >= 11 is 5.29. The molecule has 0 atom stereocenters. The Kier molecular flexibility index (Phi) is 6.92. The zero-order valence-corrected chi connectivity index (χ0v) is 19.6. The van der Waals surface area contributed by atoms with Crippen molar-refractivity contribution in [3.63, 3.8) is 0 Å². The number of benzene rings is 2. The van der Waals surface area contributed by atoms with E-state index in [-0.39, 0.29) is 5.56 Å². The molecular formula is C22H23BrN6OS. The number of piperazine rings is 1. The normalized spacial score (nSPS) is 14.5. The summed E-state index contributed by atoms with van der Waals surface area (Å²) in [6.07, 6.45) is 1.51. The number of rotatable bonds is 6. The lowest BCUT2D eigenvalue weighted by molar-refractivity contribution is 0.233. The van der Waals surface area contributed by atoms with Gasteiger partial charge in [0.15, 0.2) is 0 Å². The standard InChI is InChI=1S/C22H23BrN6OS/c1-2-31-21-4-3-15(12-24)9-20(21)27-29-14-26-19-10-16(13-28-7-5-25-6-8-28)18(23)11-17(19)22(29)30/h3-4,9-11,14,25,27H,2,5-8,13H2,1H3. The van der Waals surface area contributed by atoms with Crippen LogP contribution < -0.4 is 16.3 Å². The third kappa shape index (κ3) is 4.93. The molecular weight excluding hydrogens is 476 g/mol. The summed E-state index contributed by atoms with van der Waals surface area (Å²) in [6, 6.07) is 11.4. The Morgan fingerprint density at radius 2 is 2.10 bits per heavy atom. The molecule has 2 aromatic carbocycles. The van der Waals surface area contributed by atoms with Gasteiger partial charge in [-0.25, -0.2) is 9.66 Å². The van der Waals surface area contributed by atoms with Gasteiger partial charge < -0.3 is 5.32 Å². The van der Waals surface area contributed by atoms with Crippen LogP contribution in [0.25, 0.3) is 10.9 Å². The third-order valence-electron chi connectivity index (χ3n) is 5.18. The first kappa shape index (κ1) is 21.8. The molecule has 7 nitrogen and oxygen atoms in total. The van der Waals surface area contributed by atoms with Crippen LogP contribution >= 0.6 is 27.7 Å². The minimum atomic E-state index is -0.186. The van der Waals surface area contributed by atoms with Gasteiger partial charge in [-0.05, 0) is 41.6 Å². The third-order valence-corrected chi connectivity index (χ3v) is 6.87. The molecule has 0 unspecified atom stereocenters. The van der Waals surface area contributed by atoms with Crippen molar-refractivity contribution in [3.05, 3.63) is 62.6 Å². The second-order valence-corrected chi connectivity index (χ2v) is 9.43. The van der Waals surface area contributed by atoms with Gasteiger partial charge in [0.05, 0.1) is 28.2 Å². The molecule has 1 aromatic heterocycles. The van der Waals surface area contributed by atoms with Crippen molar-refractivity contribution < 1.29 is 0 Å². The second kappa shape index (κ2) is 9.83. The average molecular weight is 499 g/mol. The molecule has 0 amide bonds. The molecule has 0 radical (unpaired) electrons. The van der Waals surface area contributed by atoms with Crippen molar-refractivity contribution in [3.8, 4) is 6.07 Å². The smallest absolute Gasteiger partial charge is 0.280 e. The molecule has 0 spiro atoms. The van der Waals surface area contributed by atoms with Gasteiger partial charge in [0.2, 0.25) is 0 Å². The Bertz CT molecular complexity index is 1200. The highest BCUT2D eigenvalue weighted by Crippen LogP contribution is 2.28. The number of fused-ring (bicyclic) bond motifs is 1. The van der Waals surface area contributed by atoms with Crippen molar-refractivity contribution in [1.29, 1.82) is 5.26 Å². The Hall–Kier alpha value is -2.38. The minimum Gasteiger partial charge on any atom is -0.314 e. The molecule has 1 aliphatic rings. The Morgan fingerprint density at radius 1 is 1.29 bits per heavy atom. The maximum atomic E-state index is 13.2. The lowest BCUT2D eigenvalue weighted by Gasteiger charge is -2.27. The first-order valence-corrected chi connectivity index (χ1v) is 11.9. The molecule has 1 saturated heterocycles. The van der Waals surface area contributed by atoms with Crippen LogP contribution in [0.5, 0.6) is 0 Å². The zero-order valence-electron chi connectivity index (χ0n) is 17.2. The monoisotopic (exact) mass is 498 g/mol. The maximum absolute atomic E-state index is 13.2. The number of thioether (sulfide) groups is 1. The number of nitrogens with one attached hydrogen (secondary N) is 2. The molecule has 4 rings (SSSR count). The van der Waals surface area contributed by atoms with Crippen molar-refractivity contribution >= 4 is 44.3 Å². The minimum absolute atomic E-state index is 0.186. The topological polar surface area (TPSA) is 86.0 Å². The number of hydrogen-bond acceptors (Lipinski definition) is 7. The quantitative estimate of drug-likeness (QED) is 0.503. The Morgan fingerprint density at radius 3 is 2.84 bits per heavy atom. The van der Waals surface area contributed by atoms with Gasteiger partial charge in [0.1, 0.15) is 6.33 Å². The molecule has 31 heavy (non-hydrogen) atoms. The van der Waals surface area contributed by atoms with Gasteiger partial charge in [-0.1, -0.05) is 22.9 Å². The van der Waals surface area contributed by atoms with Crippen molar-refractivity contribution in [2.24, 2.45) is 0 Å². The lowest BCUT2D eigenvalue weighted by atomic mass is 10.1. The number of aromatic nitrogens is 2. The SMILES string of the molecule is CCSc1ccc(C#N)cc1Nn1cnc2cc(CN3CCNCC3)c(Br)cc2c1=O. The summed E-state index contributed by atoms with van der Waals surface area (Å²) < 4.78 is 2.28. The summed E-state index contributed by atoms with van der Waals surface area (Å²) in [5, 5.41) is 13.1. The predicted molar refractivity (Wildman–Crippen MR) is 128 cm³/mol. The van der Waals surface area contributed by atoms with Crippen LogP contribution in [-0.4, -0.2) is 46.5 Å². The lowest BCUT2D eigenvalue weighted by Crippen LogP contribution is -2.42. The van der Waals surface area contributed by atoms with Crippen LogP contribution in [0.15, 0.2) is 50.8 Å². The van der Waals surface area contributed by atoms with Gasteiger partial charge in [-0.3, -0.25) is 15.1 Å². The Labute approximate surface area is 193 Å². The van der Waals surface area contributed by atoms with E-state index in [9.17, 15) is 10.1 Å². The van der Waals surface area contributed by atoms with E-state index in [1.54, 1.807) is 23.9 Å². The zero-order chi connectivity index (χ0) is 21.8. The fourth-order valence-electron chi connectivity index (χ4n) is 3.59. The summed E-state index contributed by atoms with van der Waals surface area (Å²) in [5.74, 6) is 0.883. The highest BCUT2D eigenvalue weighted by atomic mass is 79.9. The fraction of sp³-hybridized carbons (Fsp3) is 0.318. The summed E-state index contributed by atoms with van der Waals surface area (Å²) in [7, 11) is 0. The van der Waals surface area contributed by atoms with Crippen LogP contribution in [-0.2, 0) is 6.54 Å². The number of halogens is 1. The van der Waals surface area contributed by atoms with Crippen molar-refractivity contribution in [2.45, 2.75) is 18.4 Å². The molecule has 1 aliphatic heterocycles. The summed E-state index contributed by atoms with van der Waals surface area (Å²) in [6.45, 7) is 6.87. The first-order chi connectivity index (χ1) is 15.1. The first-order valence-electron chi connectivity index (χ1n) is 10.2. The summed E-state index contributed by atoms with van der Waals surface area (Å²) in [5.41, 5.74) is 5.98. The molecule has 0 saturated carbocycles. The average Bonchev–Trinajstić information content (AvgIpc) is 2.79. The highest BCUT2D eigenvalue weighted by Gasteiger charge is 2.15. The molecule has 3 aromatic rings. The van der Waals surface area contributed by atoms with Gasteiger partial charge in [-0.2, -0.15) is 5.26 Å². The van der Waals surface area contributed by atoms with E-state index in [4.69, 9.17) is 0 Å². The molecule has 0 aliphatic carbocycles. The van der Waals surface area contributed by atoms with Gasteiger partial charge in [-0.15, -0.1) is 11.8 Å². The molecule has 160 valence electrons. The van der Waals surface area contributed by atoms with E-state index in [2.05, 4.69) is 49.5 Å². The number of nitriles is 1. The van der Waals surface area contributed by atoms with E-state index in [1.165, 1.54) is 11.0 Å². The maximum Gasteiger partial charge on any atom is 0.280 e. The molecule has 2 heterocycles. The second-order valence-electron chi connectivity index (χ2n) is 7.27. The van der Waals surface area contributed by atoms with Crippen LogP contribution in [0, 0.1) is 11.3 Å². The van der Waals surface area contributed by atoms with E-state index in [0.29, 0.717) is 22.2 Å². The van der Waals surface area contributed by atoms with E-state index >= 15 is 0 Å². The number of hydrogen-bond donors (Lipinski definition) is 2. The largest absolute Gasteiger partial charge is 0.314 e. The van der Waals surface area contributed by atoms with Crippen molar-refractivity contribution in [1.82, 2.24) is 19.9 Å². The van der Waals surface area contributed by atoms with E-state index < -0.39 is 0 Å². The predicted octanol–water partition coefficient (Wildman–Crippen LogP) is 3.42. The number of anilines is 1. The van der Waals surface area contributed by atoms with E-state index in [1.807, 2.05) is 18.2 Å².